The second kappa shape index (κ2) is 5.41. The van der Waals surface area contributed by atoms with E-state index in [0.29, 0.717) is 21.6 Å². The number of benzene rings is 2. The SMILES string of the molecule is C#Cc1ccc(Cl)cc1NS(=O)(=O)c1cc2ccccc2o1. The van der Waals surface area contributed by atoms with Crippen LogP contribution in [0.3, 0.4) is 0 Å². The molecule has 0 amide bonds. The topological polar surface area (TPSA) is 59.3 Å². The van der Waals surface area contributed by atoms with Gasteiger partial charge in [0.15, 0.2) is 0 Å². The number of nitrogens with one attached hydrogen (secondary N) is 1. The molecule has 4 nitrogen and oxygen atoms in total. The Hall–Kier alpha value is -2.42. The second-order valence-electron chi connectivity index (χ2n) is 4.54. The number of halogens is 1. The van der Waals surface area contributed by atoms with Gasteiger partial charge in [0.2, 0.25) is 5.09 Å². The Bertz CT molecular complexity index is 967. The Morgan fingerprint density at radius 2 is 1.91 bits per heavy atom. The smallest absolute Gasteiger partial charge is 0.295 e. The fourth-order valence-electron chi connectivity index (χ4n) is 2.01. The summed E-state index contributed by atoms with van der Waals surface area (Å²) in [6.45, 7) is 0. The van der Waals surface area contributed by atoms with Crippen LogP contribution in [0.15, 0.2) is 58.0 Å². The van der Waals surface area contributed by atoms with Crippen molar-refractivity contribution in [2.45, 2.75) is 5.09 Å². The standard InChI is InChI=1S/C16H10ClNO3S/c1-2-11-7-8-13(17)10-14(11)18-22(19,20)16-9-12-5-3-4-6-15(12)21-16/h1,3-10,18H. The predicted octanol–water partition coefficient (Wildman–Crippen LogP) is 3.87. The highest BCUT2D eigenvalue weighted by molar-refractivity contribution is 7.92. The van der Waals surface area contributed by atoms with Crippen molar-refractivity contribution >= 4 is 38.3 Å². The van der Waals surface area contributed by atoms with Crippen molar-refractivity contribution in [3.8, 4) is 12.3 Å². The summed E-state index contributed by atoms with van der Waals surface area (Å²) in [6, 6.07) is 13.1. The number of para-hydroxylation sites is 1. The van der Waals surface area contributed by atoms with E-state index >= 15 is 0 Å². The molecular weight excluding hydrogens is 322 g/mol. The molecule has 0 saturated heterocycles. The minimum absolute atomic E-state index is 0.184. The van der Waals surface area contributed by atoms with E-state index in [4.69, 9.17) is 22.4 Å². The first-order valence-corrected chi connectivity index (χ1v) is 8.13. The first kappa shape index (κ1) is 14.5. The van der Waals surface area contributed by atoms with Crippen LogP contribution in [0.4, 0.5) is 5.69 Å². The van der Waals surface area contributed by atoms with E-state index in [1.807, 2.05) is 0 Å². The van der Waals surface area contributed by atoms with Gasteiger partial charge in [0, 0.05) is 22.0 Å². The number of hydrogen-bond donors (Lipinski definition) is 1. The molecule has 0 spiro atoms. The number of sulfonamides is 1. The van der Waals surface area contributed by atoms with Crippen molar-refractivity contribution in [1.29, 1.82) is 0 Å². The Labute approximate surface area is 132 Å². The number of furan rings is 1. The maximum Gasteiger partial charge on any atom is 0.295 e. The van der Waals surface area contributed by atoms with Crippen LogP contribution in [0.1, 0.15) is 5.56 Å². The maximum atomic E-state index is 12.4. The van der Waals surface area contributed by atoms with E-state index < -0.39 is 10.0 Å². The Morgan fingerprint density at radius 1 is 1.14 bits per heavy atom. The molecule has 0 atom stereocenters. The molecule has 1 aromatic heterocycles. The minimum Gasteiger partial charge on any atom is -0.443 e. The summed E-state index contributed by atoms with van der Waals surface area (Å²) in [6.07, 6.45) is 5.37. The first-order chi connectivity index (χ1) is 10.5. The number of hydrogen-bond acceptors (Lipinski definition) is 3. The average molecular weight is 332 g/mol. The van der Waals surface area contributed by atoms with Gasteiger partial charge in [0.25, 0.3) is 10.0 Å². The van der Waals surface area contributed by atoms with E-state index in [1.54, 1.807) is 36.4 Å². The lowest BCUT2D eigenvalue weighted by Crippen LogP contribution is -2.13. The molecule has 0 fully saturated rings. The third-order valence-corrected chi connectivity index (χ3v) is 4.50. The summed E-state index contributed by atoms with van der Waals surface area (Å²) in [4.78, 5) is 0. The van der Waals surface area contributed by atoms with Gasteiger partial charge in [0.05, 0.1) is 5.69 Å². The minimum atomic E-state index is -3.90. The van der Waals surface area contributed by atoms with Crippen LogP contribution in [0.5, 0.6) is 0 Å². The Balaban J connectivity index is 2.04. The molecule has 1 N–H and O–H groups in total. The van der Waals surface area contributed by atoms with Crippen LogP contribution in [0.25, 0.3) is 11.0 Å². The molecule has 0 aliphatic rings. The van der Waals surface area contributed by atoms with E-state index in [9.17, 15) is 8.42 Å². The molecule has 2 aromatic carbocycles. The van der Waals surface area contributed by atoms with Gasteiger partial charge >= 0.3 is 0 Å². The summed E-state index contributed by atoms with van der Waals surface area (Å²) in [5, 5.41) is 0.893. The van der Waals surface area contributed by atoms with Crippen molar-refractivity contribution in [1.82, 2.24) is 0 Å². The van der Waals surface area contributed by atoms with E-state index in [2.05, 4.69) is 10.6 Å². The van der Waals surface area contributed by atoms with Gasteiger partial charge in [-0.3, -0.25) is 4.72 Å². The summed E-state index contributed by atoms with van der Waals surface area (Å²) in [5.41, 5.74) is 1.12. The van der Waals surface area contributed by atoms with Crippen LogP contribution in [-0.4, -0.2) is 8.42 Å². The highest BCUT2D eigenvalue weighted by Crippen LogP contribution is 2.27. The molecule has 6 heteroatoms. The van der Waals surface area contributed by atoms with Gasteiger partial charge < -0.3 is 4.42 Å². The zero-order valence-electron chi connectivity index (χ0n) is 11.2. The molecule has 3 aromatic rings. The molecule has 0 aliphatic carbocycles. The summed E-state index contributed by atoms with van der Waals surface area (Å²) in [5.74, 6) is 2.41. The van der Waals surface area contributed by atoms with Gasteiger partial charge in [-0.25, -0.2) is 0 Å². The quantitative estimate of drug-likeness (QED) is 0.741. The largest absolute Gasteiger partial charge is 0.443 e. The van der Waals surface area contributed by atoms with Crippen molar-refractivity contribution in [2.24, 2.45) is 0 Å². The summed E-state index contributed by atoms with van der Waals surface area (Å²) >= 11 is 5.89. The van der Waals surface area contributed by atoms with Gasteiger partial charge in [-0.2, -0.15) is 8.42 Å². The summed E-state index contributed by atoms with van der Waals surface area (Å²) in [7, 11) is -3.90. The van der Waals surface area contributed by atoms with Gasteiger partial charge in [-0.15, -0.1) is 6.42 Å². The van der Waals surface area contributed by atoms with E-state index in [0.717, 1.165) is 0 Å². The number of fused-ring (bicyclic) bond motifs is 1. The zero-order chi connectivity index (χ0) is 15.7. The molecule has 1 heterocycles. The molecule has 0 unspecified atom stereocenters. The van der Waals surface area contributed by atoms with Crippen molar-refractivity contribution in [2.75, 3.05) is 4.72 Å². The fourth-order valence-corrected chi connectivity index (χ4v) is 3.22. The predicted molar refractivity (Wildman–Crippen MR) is 86.4 cm³/mol. The number of terminal acetylenes is 1. The lowest BCUT2D eigenvalue weighted by atomic mass is 10.2. The molecule has 0 radical (unpaired) electrons. The van der Waals surface area contributed by atoms with Crippen molar-refractivity contribution < 1.29 is 12.8 Å². The van der Waals surface area contributed by atoms with Gasteiger partial charge in [-0.05, 0) is 24.3 Å². The third-order valence-electron chi connectivity index (χ3n) is 3.05. The number of rotatable bonds is 3. The van der Waals surface area contributed by atoms with Crippen molar-refractivity contribution in [3.05, 3.63) is 59.1 Å². The Morgan fingerprint density at radius 3 is 2.64 bits per heavy atom. The summed E-state index contributed by atoms with van der Waals surface area (Å²) < 4.78 is 32.6. The zero-order valence-corrected chi connectivity index (χ0v) is 12.8. The lowest BCUT2D eigenvalue weighted by molar-refractivity contribution is 0.484. The van der Waals surface area contributed by atoms with Crippen molar-refractivity contribution in [3.63, 3.8) is 0 Å². The molecule has 0 saturated carbocycles. The van der Waals surface area contributed by atoms with E-state index in [-0.39, 0.29) is 10.8 Å². The van der Waals surface area contributed by atoms with Crippen LogP contribution in [-0.2, 0) is 10.0 Å². The van der Waals surface area contributed by atoms with Crippen LogP contribution < -0.4 is 4.72 Å². The van der Waals surface area contributed by atoms with Crippen LogP contribution >= 0.6 is 11.6 Å². The molecule has 22 heavy (non-hydrogen) atoms. The Kier molecular flexibility index (Phi) is 3.57. The second-order valence-corrected chi connectivity index (χ2v) is 6.59. The monoisotopic (exact) mass is 331 g/mol. The number of anilines is 1. The van der Waals surface area contributed by atoms with Crippen LogP contribution in [0.2, 0.25) is 5.02 Å². The lowest BCUT2D eigenvalue weighted by Gasteiger charge is -2.08. The highest BCUT2D eigenvalue weighted by Gasteiger charge is 2.20. The van der Waals surface area contributed by atoms with Gasteiger partial charge in [-0.1, -0.05) is 35.7 Å². The first-order valence-electron chi connectivity index (χ1n) is 6.27. The van der Waals surface area contributed by atoms with Gasteiger partial charge in [0.1, 0.15) is 5.58 Å². The maximum absolute atomic E-state index is 12.4. The highest BCUT2D eigenvalue weighted by atomic mass is 35.5. The average Bonchev–Trinajstić information content (AvgIpc) is 2.92. The van der Waals surface area contributed by atoms with E-state index in [1.165, 1.54) is 12.1 Å². The molecule has 0 bridgehead atoms. The third kappa shape index (κ3) is 2.67. The molecule has 110 valence electrons. The fraction of sp³-hybridized carbons (Fsp3) is 0. The molecule has 0 aliphatic heterocycles. The molecular formula is C16H10ClNO3S. The van der Waals surface area contributed by atoms with Crippen LogP contribution in [0, 0.1) is 12.3 Å². The normalized spacial score (nSPS) is 11.3. The molecule has 3 rings (SSSR count).